The minimum absolute atomic E-state index is 0.137. The number of likely N-dealkylation sites (N-methyl/N-ethyl adjacent to an activating group) is 1. The molecule has 2 aromatic rings. The van der Waals surface area contributed by atoms with Crippen LogP contribution < -0.4 is 19.7 Å². The van der Waals surface area contributed by atoms with Crippen molar-refractivity contribution < 1.29 is 23.9 Å². The van der Waals surface area contributed by atoms with Crippen LogP contribution in [0.3, 0.4) is 0 Å². The zero-order valence-electron chi connectivity index (χ0n) is 16.9. The maximum absolute atomic E-state index is 12.8. The van der Waals surface area contributed by atoms with Gasteiger partial charge in [-0.15, -0.1) is 0 Å². The Morgan fingerprint density at radius 2 is 1.86 bits per heavy atom. The van der Waals surface area contributed by atoms with Crippen molar-refractivity contribution in [1.82, 2.24) is 5.32 Å². The molecule has 0 spiro atoms. The highest BCUT2D eigenvalue weighted by Crippen LogP contribution is 2.31. The van der Waals surface area contributed by atoms with Crippen molar-refractivity contribution in [2.75, 3.05) is 46.4 Å². The van der Waals surface area contributed by atoms with E-state index in [4.69, 9.17) is 14.2 Å². The molecule has 0 bridgehead atoms. The SMILES string of the molecule is COCCN(C)c1c(C(=O)NCc2ccc(OC)c(OC)c2)cccc1[N+](=O)[O-]. The van der Waals surface area contributed by atoms with Crippen LogP contribution in [0.2, 0.25) is 0 Å². The van der Waals surface area contributed by atoms with Gasteiger partial charge in [-0.2, -0.15) is 0 Å². The summed E-state index contributed by atoms with van der Waals surface area (Å²) >= 11 is 0. The standard InChI is InChI=1S/C20H25N3O6/c1-22(10-11-27-2)19-15(6-5-7-16(19)23(25)26)20(24)21-13-14-8-9-17(28-3)18(12-14)29-4/h5-9,12H,10-11,13H2,1-4H3,(H,21,24). The number of nitro benzene ring substituents is 1. The Hall–Kier alpha value is -3.33. The summed E-state index contributed by atoms with van der Waals surface area (Å²) in [5.74, 6) is 0.723. The molecule has 1 N–H and O–H groups in total. The monoisotopic (exact) mass is 403 g/mol. The number of nitrogens with zero attached hydrogens (tertiary/aromatic N) is 2. The van der Waals surface area contributed by atoms with Crippen LogP contribution in [0.25, 0.3) is 0 Å². The summed E-state index contributed by atoms with van der Waals surface area (Å²) in [7, 11) is 6.31. The van der Waals surface area contributed by atoms with E-state index in [1.54, 1.807) is 50.4 Å². The van der Waals surface area contributed by atoms with Crippen molar-refractivity contribution in [2.24, 2.45) is 0 Å². The lowest BCUT2D eigenvalue weighted by molar-refractivity contribution is -0.384. The molecule has 9 nitrogen and oxygen atoms in total. The Balaban J connectivity index is 2.26. The van der Waals surface area contributed by atoms with Crippen molar-refractivity contribution in [3.8, 4) is 11.5 Å². The largest absolute Gasteiger partial charge is 0.493 e. The third-order valence-electron chi connectivity index (χ3n) is 4.37. The molecule has 0 aliphatic rings. The molecule has 9 heteroatoms. The zero-order valence-corrected chi connectivity index (χ0v) is 16.9. The molecule has 0 heterocycles. The van der Waals surface area contributed by atoms with E-state index in [1.165, 1.54) is 19.2 Å². The lowest BCUT2D eigenvalue weighted by Crippen LogP contribution is -2.29. The van der Waals surface area contributed by atoms with Gasteiger partial charge in [0.1, 0.15) is 5.69 Å². The van der Waals surface area contributed by atoms with Crippen LogP contribution in [0.5, 0.6) is 11.5 Å². The number of hydrogen-bond donors (Lipinski definition) is 1. The van der Waals surface area contributed by atoms with E-state index in [0.29, 0.717) is 24.7 Å². The number of nitro groups is 1. The Labute approximate surface area is 169 Å². The molecule has 0 fully saturated rings. The lowest BCUT2D eigenvalue weighted by Gasteiger charge is -2.21. The summed E-state index contributed by atoms with van der Waals surface area (Å²) in [6.45, 7) is 0.996. The zero-order chi connectivity index (χ0) is 21.4. The Kier molecular flexibility index (Phi) is 7.79. The molecule has 0 saturated carbocycles. The summed E-state index contributed by atoms with van der Waals surface area (Å²) in [5.41, 5.74) is 1.13. The first-order valence-corrected chi connectivity index (χ1v) is 8.89. The van der Waals surface area contributed by atoms with Crippen LogP contribution in [0.15, 0.2) is 36.4 Å². The van der Waals surface area contributed by atoms with Gasteiger partial charge in [0.25, 0.3) is 11.6 Å². The van der Waals surface area contributed by atoms with E-state index in [0.717, 1.165) is 5.56 Å². The van der Waals surface area contributed by atoms with Gasteiger partial charge in [0.05, 0.1) is 31.3 Å². The average molecular weight is 403 g/mol. The second kappa shape index (κ2) is 10.3. The Morgan fingerprint density at radius 3 is 2.48 bits per heavy atom. The molecule has 0 aliphatic heterocycles. The molecule has 0 aliphatic carbocycles. The number of para-hydroxylation sites is 1. The van der Waals surface area contributed by atoms with Gasteiger partial charge in [-0.05, 0) is 23.8 Å². The number of carbonyl (C=O) groups is 1. The maximum Gasteiger partial charge on any atom is 0.293 e. The molecular formula is C20H25N3O6. The highest BCUT2D eigenvalue weighted by molar-refractivity contribution is 6.01. The van der Waals surface area contributed by atoms with Crippen molar-refractivity contribution in [3.63, 3.8) is 0 Å². The Morgan fingerprint density at radius 1 is 1.14 bits per heavy atom. The number of ether oxygens (including phenoxy) is 3. The van der Waals surface area contributed by atoms with Crippen LogP contribution in [-0.4, -0.2) is 52.4 Å². The first kappa shape index (κ1) is 22.0. The molecular weight excluding hydrogens is 378 g/mol. The number of hydrogen-bond acceptors (Lipinski definition) is 7. The third-order valence-corrected chi connectivity index (χ3v) is 4.37. The first-order chi connectivity index (χ1) is 13.9. The fraction of sp³-hybridized carbons (Fsp3) is 0.350. The molecule has 2 aromatic carbocycles. The molecule has 29 heavy (non-hydrogen) atoms. The number of amides is 1. The van der Waals surface area contributed by atoms with Gasteiger partial charge in [0, 0.05) is 33.3 Å². The highest BCUT2D eigenvalue weighted by Gasteiger charge is 2.24. The highest BCUT2D eigenvalue weighted by atomic mass is 16.6. The number of nitrogens with one attached hydrogen (secondary N) is 1. The number of anilines is 1. The van der Waals surface area contributed by atoms with Gasteiger partial charge in [-0.1, -0.05) is 12.1 Å². The molecule has 2 rings (SSSR count). The second-order valence-corrected chi connectivity index (χ2v) is 6.22. The molecule has 0 radical (unpaired) electrons. The minimum Gasteiger partial charge on any atom is -0.493 e. The molecule has 0 saturated heterocycles. The van der Waals surface area contributed by atoms with Crippen molar-refractivity contribution in [1.29, 1.82) is 0 Å². The summed E-state index contributed by atoms with van der Waals surface area (Å²) in [6, 6.07) is 9.76. The molecule has 1 amide bonds. The lowest BCUT2D eigenvalue weighted by atomic mass is 10.1. The maximum atomic E-state index is 12.8. The second-order valence-electron chi connectivity index (χ2n) is 6.22. The van der Waals surface area contributed by atoms with Crippen LogP contribution in [-0.2, 0) is 11.3 Å². The molecule has 0 atom stereocenters. The molecule has 0 unspecified atom stereocenters. The minimum atomic E-state index is -0.496. The van der Waals surface area contributed by atoms with E-state index in [9.17, 15) is 14.9 Å². The number of carbonyl (C=O) groups excluding carboxylic acids is 1. The quantitative estimate of drug-likeness (QED) is 0.480. The van der Waals surface area contributed by atoms with Gasteiger partial charge in [-0.3, -0.25) is 14.9 Å². The van der Waals surface area contributed by atoms with Crippen molar-refractivity contribution in [2.45, 2.75) is 6.54 Å². The van der Waals surface area contributed by atoms with Crippen LogP contribution in [0.1, 0.15) is 15.9 Å². The van der Waals surface area contributed by atoms with Crippen LogP contribution >= 0.6 is 0 Å². The molecule has 0 aromatic heterocycles. The topological polar surface area (TPSA) is 103 Å². The summed E-state index contributed by atoms with van der Waals surface area (Å²) in [6.07, 6.45) is 0. The summed E-state index contributed by atoms with van der Waals surface area (Å²) in [5, 5.41) is 14.3. The van der Waals surface area contributed by atoms with Gasteiger partial charge in [0.15, 0.2) is 11.5 Å². The molecule has 156 valence electrons. The number of benzene rings is 2. The summed E-state index contributed by atoms with van der Waals surface area (Å²) in [4.78, 5) is 25.4. The van der Waals surface area contributed by atoms with Gasteiger partial charge >= 0.3 is 0 Å². The van der Waals surface area contributed by atoms with Crippen LogP contribution in [0, 0.1) is 10.1 Å². The van der Waals surface area contributed by atoms with E-state index in [2.05, 4.69) is 5.32 Å². The predicted molar refractivity (Wildman–Crippen MR) is 109 cm³/mol. The fourth-order valence-corrected chi connectivity index (χ4v) is 2.87. The van der Waals surface area contributed by atoms with E-state index in [-0.39, 0.29) is 23.5 Å². The van der Waals surface area contributed by atoms with Crippen molar-refractivity contribution >= 4 is 17.3 Å². The van der Waals surface area contributed by atoms with Crippen molar-refractivity contribution in [3.05, 3.63) is 57.6 Å². The van der Waals surface area contributed by atoms with Gasteiger partial charge < -0.3 is 24.4 Å². The third kappa shape index (κ3) is 5.35. The smallest absolute Gasteiger partial charge is 0.293 e. The van der Waals surface area contributed by atoms with Gasteiger partial charge in [0.2, 0.25) is 0 Å². The number of methoxy groups -OCH3 is 3. The van der Waals surface area contributed by atoms with E-state index in [1.807, 2.05) is 0 Å². The first-order valence-electron chi connectivity index (χ1n) is 8.89. The average Bonchev–Trinajstić information content (AvgIpc) is 2.74. The van der Waals surface area contributed by atoms with E-state index < -0.39 is 10.8 Å². The summed E-state index contributed by atoms with van der Waals surface area (Å²) < 4.78 is 15.5. The van der Waals surface area contributed by atoms with E-state index >= 15 is 0 Å². The fourth-order valence-electron chi connectivity index (χ4n) is 2.87. The predicted octanol–water partition coefficient (Wildman–Crippen LogP) is 2.62. The van der Waals surface area contributed by atoms with Gasteiger partial charge in [-0.25, -0.2) is 0 Å². The Bertz CT molecular complexity index is 871. The van der Waals surface area contributed by atoms with Crippen LogP contribution in [0.4, 0.5) is 11.4 Å². The number of rotatable bonds is 10. The normalized spacial score (nSPS) is 10.3.